The molecule has 0 fully saturated rings. The van der Waals surface area contributed by atoms with Crippen molar-refractivity contribution in [2.45, 2.75) is 25.0 Å². The molecule has 0 saturated heterocycles. The molecule has 28 heavy (non-hydrogen) atoms. The molecule has 1 aromatic carbocycles. The van der Waals surface area contributed by atoms with Crippen molar-refractivity contribution in [3.63, 3.8) is 0 Å². The second kappa shape index (κ2) is 8.15. The Morgan fingerprint density at radius 2 is 1.86 bits per heavy atom. The molecular weight excluding hydrogens is 396 g/mol. The van der Waals surface area contributed by atoms with Gasteiger partial charge in [0.2, 0.25) is 0 Å². The Balaban J connectivity index is 1.84. The number of hydrogen-bond donors (Lipinski definition) is 2. The first-order valence-electron chi connectivity index (χ1n) is 8.88. The van der Waals surface area contributed by atoms with Crippen LogP contribution >= 0.6 is 11.3 Å². The van der Waals surface area contributed by atoms with Crippen LogP contribution in [-0.4, -0.2) is 31.7 Å². The van der Waals surface area contributed by atoms with E-state index in [0.29, 0.717) is 16.3 Å². The van der Waals surface area contributed by atoms with Gasteiger partial charge >= 0.3 is 0 Å². The maximum atomic E-state index is 12.8. The molecule has 3 rings (SSSR count). The molecule has 0 atom stereocenters. The first-order chi connectivity index (χ1) is 13.3. The Bertz CT molecular complexity index is 1110. The zero-order valence-electron chi connectivity index (χ0n) is 15.9. The van der Waals surface area contributed by atoms with Crippen LogP contribution in [0, 0.1) is 6.92 Å². The maximum absolute atomic E-state index is 12.8. The van der Waals surface area contributed by atoms with Gasteiger partial charge in [0.05, 0.1) is 10.6 Å². The number of sulfonamides is 1. The number of hydrogen-bond acceptors (Lipinski definition) is 6. The molecule has 0 aliphatic heterocycles. The largest absolute Gasteiger partial charge is 0.372 e. The van der Waals surface area contributed by atoms with Gasteiger partial charge in [-0.1, -0.05) is 0 Å². The molecule has 0 bridgehead atoms. The molecule has 9 heteroatoms. The SMILES string of the molecule is CCN(CC)c1ccc(NS(=O)(=O)c2ccc(-c3ccc(=O)[nH]n3)s2)c(C)c1. The van der Waals surface area contributed by atoms with E-state index in [1.165, 1.54) is 12.1 Å². The molecule has 3 aromatic rings. The predicted molar refractivity (Wildman–Crippen MR) is 114 cm³/mol. The summed E-state index contributed by atoms with van der Waals surface area (Å²) < 4.78 is 28.4. The molecule has 2 heterocycles. The quantitative estimate of drug-likeness (QED) is 0.613. The van der Waals surface area contributed by atoms with Crippen molar-refractivity contribution in [3.05, 3.63) is 58.4 Å². The van der Waals surface area contributed by atoms with Crippen molar-refractivity contribution in [2.24, 2.45) is 0 Å². The zero-order valence-corrected chi connectivity index (χ0v) is 17.5. The highest BCUT2D eigenvalue weighted by molar-refractivity contribution is 7.94. The summed E-state index contributed by atoms with van der Waals surface area (Å²) >= 11 is 1.10. The smallest absolute Gasteiger partial charge is 0.271 e. The minimum atomic E-state index is -3.72. The third kappa shape index (κ3) is 4.26. The summed E-state index contributed by atoms with van der Waals surface area (Å²) in [5, 5.41) is 6.29. The Labute approximate surface area is 168 Å². The monoisotopic (exact) mass is 418 g/mol. The van der Waals surface area contributed by atoms with E-state index in [-0.39, 0.29) is 9.77 Å². The highest BCUT2D eigenvalue weighted by atomic mass is 32.2. The van der Waals surface area contributed by atoms with E-state index >= 15 is 0 Å². The standard InChI is InChI=1S/C19H22N4O3S2/c1-4-23(5-2)14-6-7-15(13(3)12-14)22-28(25,26)19-11-9-17(27-19)16-8-10-18(24)21-20-16/h6-12,22H,4-5H2,1-3H3,(H,21,24). The normalized spacial score (nSPS) is 11.4. The van der Waals surface area contributed by atoms with E-state index in [9.17, 15) is 13.2 Å². The van der Waals surface area contributed by atoms with Gasteiger partial charge in [0.1, 0.15) is 9.90 Å². The molecule has 0 saturated carbocycles. The van der Waals surface area contributed by atoms with Crippen LogP contribution in [-0.2, 0) is 10.0 Å². The number of nitrogens with zero attached hydrogens (tertiary/aromatic N) is 2. The molecule has 2 aromatic heterocycles. The summed E-state index contributed by atoms with van der Waals surface area (Å²) in [6.07, 6.45) is 0. The van der Waals surface area contributed by atoms with Crippen LogP contribution in [0.15, 0.2) is 51.5 Å². The average Bonchev–Trinajstić information content (AvgIpc) is 3.16. The molecule has 148 valence electrons. The predicted octanol–water partition coefficient (Wildman–Crippen LogP) is 3.45. The van der Waals surface area contributed by atoms with Crippen molar-refractivity contribution >= 4 is 32.7 Å². The van der Waals surface area contributed by atoms with Crippen LogP contribution in [0.2, 0.25) is 0 Å². The van der Waals surface area contributed by atoms with E-state index in [0.717, 1.165) is 35.7 Å². The summed E-state index contributed by atoms with van der Waals surface area (Å²) in [7, 11) is -3.72. The number of anilines is 2. The van der Waals surface area contributed by atoms with Crippen LogP contribution < -0.4 is 15.2 Å². The number of aryl methyl sites for hydroxylation is 1. The summed E-state index contributed by atoms with van der Waals surface area (Å²) in [5.41, 5.74) is 2.68. The van der Waals surface area contributed by atoms with Crippen LogP contribution in [0.1, 0.15) is 19.4 Å². The number of thiophene rings is 1. The van der Waals surface area contributed by atoms with E-state index in [4.69, 9.17) is 0 Å². The number of rotatable bonds is 7. The molecule has 0 spiro atoms. The first kappa shape index (κ1) is 20.1. The number of benzene rings is 1. The van der Waals surface area contributed by atoms with Crippen molar-refractivity contribution in [2.75, 3.05) is 22.7 Å². The molecule has 2 N–H and O–H groups in total. The Hall–Kier alpha value is -2.65. The van der Waals surface area contributed by atoms with Gasteiger partial charge in [-0.15, -0.1) is 11.3 Å². The molecule has 0 amide bonds. The fraction of sp³-hybridized carbons (Fsp3) is 0.263. The number of nitrogens with one attached hydrogen (secondary N) is 2. The lowest BCUT2D eigenvalue weighted by molar-refractivity contribution is 0.603. The van der Waals surface area contributed by atoms with E-state index in [2.05, 4.69) is 33.7 Å². The Kier molecular flexibility index (Phi) is 5.85. The lowest BCUT2D eigenvalue weighted by Crippen LogP contribution is -2.22. The van der Waals surface area contributed by atoms with E-state index < -0.39 is 10.0 Å². The highest BCUT2D eigenvalue weighted by Crippen LogP contribution is 2.31. The van der Waals surface area contributed by atoms with Crippen molar-refractivity contribution < 1.29 is 8.42 Å². The van der Waals surface area contributed by atoms with Gasteiger partial charge in [0.15, 0.2) is 0 Å². The fourth-order valence-corrected chi connectivity index (χ4v) is 5.23. The number of H-pyrrole nitrogens is 1. The molecule has 7 nitrogen and oxygen atoms in total. The Morgan fingerprint density at radius 1 is 1.11 bits per heavy atom. The molecule has 0 aliphatic carbocycles. The van der Waals surface area contributed by atoms with Gasteiger partial charge < -0.3 is 4.90 Å². The van der Waals surface area contributed by atoms with Crippen molar-refractivity contribution in [1.29, 1.82) is 0 Å². The van der Waals surface area contributed by atoms with Crippen molar-refractivity contribution in [1.82, 2.24) is 10.2 Å². The van der Waals surface area contributed by atoms with E-state index in [1.54, 1.807) is 18.2 Å². The third-order valence-electron chi connectivity index (χ3n) is 4.36. The van der Waals surface area contributed by atoms with Crippen LogP contribution in [0.5, 0.6) is 0 Å². The summed E-state index contributed by atoms with van der Waals surface area (Å²) in [6.45, 7) is 7.83. The van der Waals surface area contributed by atoms with Gasteiger partial charge in [-0.3, -0.25) is 9.52 Å². The lowest BCUT2D eigenvalue weighted by atomic mass is 10.1. The van der Waals surface area contributed by atoms with Crippen LogP contribution in [0.3, 0.4) is 0 Å². The summed E-state index contributed by atoms with van der Waals surface area (Å²) in [4.78, 5) is 14.0. The van der Waals surface area contributed by atoms with E-state index in [1.807, 2.05) is 19.1 Å². The van der Waals surface area contributed by atoms with Crippen LogP contribution in [0.25, 0.3) is 10.6 Å². The zero-order chi connectivity index (χ0) is 20.3. The summed E-state index contributed by atoms with van der Waals surface area (Å²) in [6, 6.07) is 11.8. The Morgan fingerprint density at radius 3 is 2.46 bits per heavy atom. The lowest BCUT2D eigenvalue weighted by Gasteiger charge is -2.22. The number of aromatic amines is 1. The second-order valence-corrected chi connectivity index (χ2v) is 9.20. The fourth-order valence-electron chi connectivity index (χ4n) is 2.83. The third-order valence-corrected chi connectivity index (χ3v) is 7.33. The van der Waals surface area contributed by atoms with Gasteiger partial charge in [-0.05, 0) is 62.7 Å². The van der Waals surface area contributed by atoms with Gasteiger partial charge in [-0.25, -0.2) is 13.5 Å². The topological polar surface area (TPSA) is 95.2 Å². The van der Waals surface area contributed by atoms with Gasteiger partial charge in [0.25, 0.3) is 15.6 Å². The summed E-state index contributed by atoms with van der Waals surface area (Å²) in [5.74, 6) is 0. The molecule has 0 unspecified atom stereocenters. The second-order valence-electron chi connectivity index (χ2n) is 6.20. The van der Waals surface area contributed by atoms with Crippen molar-refractivity contribution in [3.8, 4) is 10.6 Å². The maximum Gasteiger partial charge on any atom is 0.271 e. The highest BCUT2D eigenvalue weighted by Gasteiger charge is 2.19. The first-order valence-corrected chi connectivity index (χ1v) is 11.2. The molecule has 0 aliphatic rings. The molecular formula is C19H22N4O3S2. The molecule has 0 radical (unpaired) electrons. The van der Waals surface area contributed by atoms with Gasteiger partial charge in [0, 0.05) is 24.8 Å². The average molecular weight is 419 g/mol. The number of aromatic nitrogens is 2. The van der Waals surface area contributed by atoms with Gasteiger partial charge in [-0.2, -0.15) is 5.10 Å². The van der Waals surface area contributed by atoms with Crippen LogP contribution in [0.4, 0.5) is 11.4 Å². The minimum Gasteiger partial charge on any atom is -0.372 e. The minimum absolute atomic E-state index is 0.183.